The third-order valence-corrected chi connectivity index (χ3v) is 5.74. The molecule has 37 heavy (non-hydrogen) atoms. The first-order chi connectivity index (χ1) is 18.0. The normalized spacial score (nSPS) is 23.0. The Morgan fingerprint density at radius 1 is 0.703 bits per heavy atom. The van der Waals surface area contributed by atoms with Gasteiger partial charge in [0.15, 0.2) is 18.5 Å². The van der Waals surface area contributed by atoms with Gasteiger partial charge in [-0.1, -0.05) is 54.6 Å². The third-order valence-electron chi connectivity index (χ3n) is 5.74. The van der Waals surface area contributed by atoms with Gasteiger partial charge >= 0.3 is 17.9 Å². The van der Waals surface area contributed by atoms with Crippen LogP contribution in [0.5, 0.6) is 0 Å². The van der Waals surface area contributed by atoms with Gasteiger partial charge < -0.3 is 28.8 Å². The number of aliphatic hydroxyl groups excluding tert-OH is 1. The van der Waals surface area contributed by atoms with Crippen molar-refractivity contribution in [2.24, 2.45) is 0 Å². The number of ether oxygens (including phenoxy) is 5. The van der Waals surface area contributed by atoms with Gasteiger partial charge in [-0.25, -0.2) is 14.4 Å². The first-order valence-corrected chi connectivity index (χ1v) is 11.6. The summed E-state index contributed by atoms with van der Waals surface area (Å²) in [6.45, 7) is -0.369. The molecule has 0 spiro atoms. The van der Waals surface area contributed by atoms with E-state index in [-0.39, 0.29) is 17.7 Å². The summed E-state index contributed by atoms with van der Waals surface area (Å²) in [5.41, 5.74) is 0.779. The van der Waals surface area contributed by atoms with E-state index in [1.165, 1.54) is 7.11 Å². The number of hydrogen-bond acceptors (Lipinski definition) is 9. The maximum Gasteiger partial charge on any atom is 0.338 e. The molecule has 0 aliphatic carbocycles. The summed E-state index contributed by atoms with van der Waals surface area (Å²) in [4.78, 5) is 38.4. The van der Waals surface area contributed by atoms with Crippen molar-refractivity contribution in [3.63, 3.8) is 0 Å². The minimum Gasteiger partial charge on any atom is -0.459 e. The molecule has 1 aliphatic rings. The lowest BCUT2D eigenvalue weighted by Gasteiger charge is -2.42. The minimum absolute atomic E-state index is 0.232. The zero-order valence-electron chi connectivity index (χ0n) is 20.0. The fourth-order valence-corrected chi connectivity index (χ4v) is 3.85. The van der Waals surface area contributed by atoms with Gasteiger partial charge in [0.25, 0.3) is 0 Å². The Labute approximate surface area is 213 Å². The minimum atomic E-state index is -1.51. The highest BCUT2D eigenvalue weighted by atomic mass is 16.7. The van der Waals surface area contributed by atoms with Crippen LogP contribution in [0.4, 0.5) is 0 Å². The third kappa shape index (κ3) is 6.39. The van der Waals surface area contributed by atoms with Gasteiger partial charge in [-0.2, -0.15) is 0 Å². The van der Waals surface area contributed by atoms with E-state index in [4.69, 9.17) is 23.7 Å². The van der Waals surface area contributed by atoms with Crippen molar-refractivity contribution >= 4 is 17.9 Å². The number of hydrogen-bond donors (Lipinski definition) is 1. The number of aliphatic hydroxyl groups is 1. The molecule has 1 N–H and O–H groups in total. The van der Waals surface area contributed by atoms with Gasteiger partial charge in [-0.15, -0.1) is 0 Å². The molecule has 3 aromatic rings. The van der Waals surface area contributed by atoms with Gasteiger partial charge in [0.1, 0.15) is 18.8 Å². The Morgan fingerprint density at radius 2 is 1.14 bits per heavy atom. The van der Waals surface area contributed by atoms with E-state index < -0.39 is 48.6 Å². The summed E-state index contributed by atoms with van der Waals surface area (Å²) >= 11 is 0. The van der Waals surface area contributed by atoms with E-state index in [0.29, 0.717) is 5.56 Å². The summed E-state index contributed by atoms with van der Waals surface area (Å²) in [7, 11) is 1.30. The van der Waals surface area contributed by atoms with Gasteiger partial charge in [-0.3, -0.25) is 0 Å². The van der Waals surface area contributed by atoms with E-state index in [0.717, 1.165) is 0 Å². The van der Waals surface area contributed by atoms with Gasteiger partial charge in [0.2, 0.25) is 0 Å². The van der Waals surface area contributed by atoms with Gasteiger partial charge in [0, 0.05) is 7.11 Å². The Hall–Kier alpha value is -4.05. The Kier molecular flexibility index (Phi) is 8.63. The fraction of sp³-hybridized carbons (Fsp3) is 0.250. The van der Waals surface area contributed by atoms with Crippen LogP contribution in [0.15, 0.2) is 91.0 Å². The highest BCUT2D eigenvalue weighted by molar-refractivity contribution is 5.90. The molecule has 9 nitrogen and oxygen atoms in total. The van der Waals surface area contributed by atoms with Crippen LogP contribution in [-0.2, 0) is 23.7 Å². The van der Waals surface area contributed by atoms with Crippen molar-refractivity contribution in [3.05, 3.63) is 108 Å². The van der Waals surface area contributed by atoms with Crippen molar-refractivity contribution in [1.82, 2.24) is 0 Å². The quantitative estimate of drug-likeness (QED) is 0.363. The molecule has 0 aromatic heterocycles. The molecule has 9 heteroatoms. The zero-order valence-corrected chi connectivity index (χ0v) is 20.0. The molecule has 1 aliphatic heterocycles. The van der Waals surface area contributed by atoms with Gasteiger partial charge in [0.05, 0.1) is 16.7 Å². The monoisotopic (exact) mass is 506 g/mol. The SMILES string of the molecule is CO[C@H]1O[C@H](COC(=O)c2ccccc2)[C@@H](OC(=O)c2ccccc2)[C@@H](OC(=O)c2ccccc2)[C@H]1O. The lowest BCUT2D eigenvalue weighted by atomic mass is 9.98. The van der Waals surface area contributed by atoms with Crippen LogP contribution < -0.4 is 0 Å². The maximum absolute atomic E-state index is 12.9. The Morgan fingerprint density at radius 3 is 1.59 bits per heavy atom. The predicted octanol–water partition coefficient (Wildman–Crippen LogP) is 3.03. The molecule has 192 valence electrons. The van der Waals surface area contributed by atoms with Crippen LogP contribution in [-0.4, -0.2) is 67.4 Å². The van der Waals surface area contributed by atoms with Crippen LogP contribution in [0.1, 0.15) is 31.1 Å². The lowest BCUT2D eigenvalue weighted by molar-refractivity contribution is -0.292. The van der Waals surface area contributed by atoms with E-state index in [1.54, 1.807) is 91.0 Å². The molecule has 1 fully saturated rings. The molecule has 3 aromatic carbocycles. The highest BCUT2D eigenvalue weighted by Gasteiger charge is 2.50. The standard InChI is InChI=1S/C28H26O9/c1-33-28-22(29)24(37-27(32)20-15-9-4-10-16-20)23(36-26(31)19-13-7-3-8-14-19)21(35-28)17-34-25(30)18-11-5-2-6-12-18/h2-16,21-24,28-29H,17H2,1H3/t21-,22-,23-,24+,28+/m1/s1. The number of carbonyl (C=O) groups is 3. The number of esters is 3. The Bertz CT molecular complexity index is 1180. The Balaban J connectivity index is 1.60. The average molecular weight is 507 g/mol. The fourth-order valence-electron chi connectivity index (χ4n) is 3.85. The number of benzene rings is 3. The van der Waals surface area contributed by atoms with Crippen molar-refractivity contribution in [2.75, 3.05) is 13.7 Å². The summed E-state index contributed by atoms with van der Waals surface area (Å²) < 4.78 is 27.8. The molecule has 0 bridgehead atoms. The van der Waals surface area contributed by atoms with Crippen LogP contribution in [0, 0.1) is 0 Å². The second kappa shape index (κ2) is 12.3. The van der Waals surface area contributed by atoms with E-state index in [2.05, 4.69) is 0 Å². The van der Waals surface area contributed by atoms with Crippen molar-refractivity contribution in [3.8, 4) is 0 Å². The summed E-state index contributed by atoms with van der Waals surface area (Å²) in [5, 5.41) is 10.9. The van der Waals surface area contributed by atoms with Crippen LogP contribution in [0.2, 0.25) is 0 Å². The molecule has 0 unspecified atom stereocenters. The molecule has 1 saturated heterocycles. The molecule has 4 rings (SSSR count). The topological polar surface area (TPSA) is 118 Å². The molecule has 0 radical (unpaired) electrons. The van der Waals surface area contributed by atoms with E-state index in [9.17, 15) is 19.5 Å². The summed E-state index contributed by atoms with van der Waals surface area (Å²) in [5.74, 6) is -2.12. The molecule has 5 atom stereocenters. The number of rotatable bonds is 8. The molecule has 0 saturated carbocycles. The molecular formula is C28H26O9. The smallest absolute Gasteiger partial charge is 0.338 e. The largest absolute Gasteiger partial charge is 0.459 e. The van der Waals surface area contributed by atoms with Crippen LogP contribution in [0.3, 0.4) is 0 Å². The van der Waals surface area contributed by atoms with Crippen LogP contribution in [0.25, 0.3) is 0 Å². The van der Waals surface area contributed by atoms with Gasteiger partial charge in [-0.05, 0) is 36.4 Å². The molecule has 1 heterocycles. The van der Waals surface area contributed by atoms with Crippen molar-refractivity contribution in [2.45, 2.75) is 30.7 Å². The van der Waals surface area contributed by atoms with E-state index >= 15 is 0 Å². The zero-order chi connectivity index (χ0) is 26.2. The first kappa shape index (κ1) is 26.0. The predicted molar refractivity (Wildman–Crippen MR) is 130 cm³/mol. The summed E-state index contributed by atoms with van der Waals surface area (Å²) in [6, 6.07) is 24.6. The number of carbonyl (C=O) groups excluding carboxylic acids is 3. The second-order valence-corrected chi connectivity index (χ2v) is 8.21. The highest BCUT2D eigenvalue weighted by Crippen LogP contribution is 2.28. The average Bonchev–Trinajstić information content (AvgIpc) is 2.95. The van der Waals surface area contributed by atoms with Crippen molar-refractivity contribution in [1.29, 1.82) is 0 Å². The summed E-state index contributed by atoms with van der Waals surface area (Å²) in [6.07, 6.45) is -6.60. The maximum atomic E-state index is 12.9. The van der Waals surface area contributed by atoms with Crippen LogP contribution >= 0.6 is 0 Å². The lowest BCUT2D eigenvalue weighted by Crippen LogP contribution is -2.61. The second-order valence-electron chi connectivity index (χ2n) is 8.21. The first-order valence-electron chi connectivity index (χ1n) is 11.6. The molecule has 0 amide bonds. The van der Waals surface area contributed by atoms with Crippen molar-refractivity contribution < 1.29 is 43.2 Å². The number of methoxy groups -OCH3 is 1. The van der Waals surface area contributed by atoms with E-state index in [1.807, 2.05) is 0 Å². The molecular weight excluding hydrogens is 480 g/mol.